The number of hydrogen-bond acceptors (Lipinski definition) is 4. The Bertz CT molecular complexity index is 845. The maximum Gasteiger partial charge on any atom is 0.311 e. The van der Waals surface area contributed by atoms with Crippen molar-refractivity contribution in [2.24, 2.45) is 22.7 Å². The van der Waals surface area contributed by atoms with Crippen LogP contribution in [0.1, 0.15) is 78.6 Å². The van der Waals surface area contributed by atoms with Gasteiger partial charge < -0.3 is 4.74 Å². The van der Waals surface area contributed by atoms with Gasteiger partial charge in [0.1, 0.15) is 0 Å². The Balaban J connectivity index is 1.69. The minimum atomic E-state index is -0.312. The molecule has 0 bridgehead atoms. The molecule has 4 atom stereocenters. The largest absolute Gasteiger partial charge is 0.423 e. The van der Waals surface area contributed by atoms with Gasteiger partial charge in [-0.1, -0.05) is 38.0 Å². The summed E-state index contributed by atoms with van der Waals surface area (Å²) >= 11 is 0. The van der Waals surface area contributed by atoms with Crippen LogP contribution < -0.4 is 0 Å². The molecule has 0 spiro atoms. The average Bonchev–Trinajstić information content (AvgIpc) is 3.04. The molecule has 4 nitrogen and oxygen atoms in total. The molecule has 2 fully saturated rings. The van der Waals surface area contributed by atoms with E-state index in [1.165, 1.54) is 11.1 Å². The van der Waals surface area contributed by atoms with E-state index in [0.717, 1.165) is 50.4 Å². The Hall–Kier alpha value is -1.97. The fourth-order valence-corrected chi connectivity index (χ4v) is 6.62. The molecule has 0 aliphatic heterocycles. The smallest absolute Gasteiger partial charge is 0.311 e. The van der Waals surface area contributed by atoms with E-state index in [0.29, 0.717) is 31.1 Å². The minimum Gasteiger partial charge on any atom is -0.423 e. The van der Waals surface area contributed by atoms with Crippen molar-refractivity contribution in [3.8, 4) is 0 Å². The molecule has 0 amide bonds. The van der Waals surface area contributed by atoms with Gasteiger partial charge in [-0.3, -0.25) is 14.4 Å². The van der Waals surface area contributed by atoms with Crippen LogP contribution in [0.3, 0.4) is 0 Å². The quantitative estimate of drug-likeness (QED) is 0.214. The molecule has 0 heterocycles. The lowest BCUT2D eigenvalue weighted by Crippen LogP contribution is -2.43. The zero-order chi connectivity index (χ0) is 20.8. The van der Waals surface area contributed by atoms with E-state index in [1.54, 1.807) is 0 Å². The normalized spacial score (nSPS) is 37.6. The van der Waals surface area contributed by atoms with Gasteiger partial charge in [-0.2, -0.15) is 0 Å². The van der Waals surface area contributed by atoms with Gasteiger partial charge >= 0.3 is 5.97 Å². The van der Waals surface area contributed by atoms with E-state index < -0.39 is 0 Å². The number of ketones is 1. The van der Waals surface area contributed by atoms with Crippen LogP contribution in [0.4, 0.5) is 0 Å². The van der Waals surface area contributed by atoms with E-state index in [2.05, 4.69) is 19.9 Å². The third kappa shape index (κ3) is 3.15. The van der Waals surface area contributed by atoms with Crippen LogP contribution in [0.5, 0.6) is 0 Å². The third-order valence-corrected chi connectivity index (χ3v) is 8.20. The molecular formula is C25H32O4. The highest BCUT2D eigenvalue weighted by Gasteiger charge is 2.55. The predicted molar refractivity (Wildman–Crippen MR) is 111 cm³/mol. The van der Waals surface area contributed by atoms with Crippen molar-refractivity contribution in [1.82, 2.24) is 0 Å². The fraction of sp³-hybridized carbons (Fsp3) is 0.640. The van der Waals surface area contributed by atoms with Gasteiger partial charge in [0.25, 0.3) is 0 Å². The molecule has 0 N–H and O–H groups in total. The molecule has 0 aromatic carbocycles. The van der Waals surface area contributed by atoms with Gasteiger partial charge in [-0.15, -0.1) is 0 Å². The molecule has 2 saturated carbocycles. The molecule has 4 aliphatic rings. The molecule has 4 heteroatoms. The number of hydrogen-bond donors (Lipinski definition) is 0. The second kappa shape index (κ2) is 7.37. The maximum atomic E-state index is 12.0. The lowest BCUT2D eigenvalue weighted by Gasteiger charge is -2.52. The number of aldehydes is 1. The summed E-state index contributed by atoms with van der Waals surface area (Å²) in [4.78, 5) is 35.8. The Morgan fingerprint density at radius 1 is 1.24 bits per heavy atom. The van der Waals surface area contributed by atoms with Crippen LogP contribution in [0.15, 0.2) is 34.6 Å². The zero-order valence-electron chi connectivity index (χ0n) is 17.9. The summed E-state index contributed by atoms with van der Waals surface area (Å²) in [5, 5.41) is 0. The third-order valence-electron chi connectivity index (χ3n) is 8.20. The zero-order valence-corrected chi connectivity index (χ0v) is 17.9. The molecule has 0 aromatic rings. The summed E-state index contributed by atoms with van der Waals surface area (Å²) in [6, 6.07) is 0. The predicted octanol–water partition coefficient (Wildman–Crippen LogP) is 5.23. The first-order valence-corrected chi connectivity index (χ1v) is 11.2. The maximum absolute atomic E-state index is 12.0. The lowest BCUT2D eigenvalue weighted by molar-refractivity contribution is -0.141. The summed E-state index contributed by atoms with van der Waals surface area (Å²) in [5.74, 6) is 1.17. The van der Waals surface area contributed by atoms with Crippen LogP contribution in [0.2, 0.25) is 0 Å². The molecule has 0 saturated heterocycles. The minimum absolute atomic E-state index is 0.0195. The highest BCUT2D eigenvalue weighted by Crippen LogP contribution is 2.64. The Morgan fingerprint density at radius 3 is 2.76 bits per heavy atom. The van der Waals surface area contributed by atoms with Gasteiger partial charge in [0.2, 0.25) is 0 Å². The lowest BCUT2D eigenvalue weighted by atomic mass is 9.51. The first-order valence-electron chi connectivity index (χ1n) is 11.2. The highest BCUT2D eigenvalue weighted by atomic mass is 16.5. The van der Waals surface area contributed by atoms with Gasteiger partial charge in [-0.05, 0) is 73.8 Å². The molecule has 29 heavy (non-hydrogen) atoms. The molecule has 0 radical (unpaired) electrons. The molecule has 4 rings (SSSR count). The van der Waals surface area contributed by atoms with Crippen LogP contribution >= 0.6 is 0 Å². The second-order valence-electron chi connectivity index (χ2n) is 9.72. The monoisotopic (exact) mass is 396 g/mol. The number of rotatable bonds is 4. The first-order chi connectivity index (χ1) is 13.8. The van der Waals surface area contributed by atoms with Crippen molar-refractivity contribution in [2.45, 2.75) is 78.6 Å². The number of fused-ring (bicyclic) bond motifs is 5. The molecular weight excluding hydrogens is 364 g/mol. The van der Waals surface area contributed by atoms with E-state index in [1.807, 2.05) is 13.0 Å². The Labute approximate surface area is 173 Å². The summed E-state index contributed by atoms with van der Waals surface area (Å²) in [7, 11) is 0. The van der Waals surface area contributed by atoms with Crippen LogP contribution in [0, 0.1) is 22.7 Å². The van der Waals surface area contributed by atoms with Crippen LogP contribution in [-0.4, -0.2) is 18.0 Å². The average molecular weight is 397 g/mol. The Kier molecular flexibility index (Phi) is 5.16. The number of ether oxygens (including phenoxy) is 1. The van der Waals surface area contributed by atoms with Crippen molar-refractivity contribution in [3.05, 3.63) is 34.6 Å². The molecule has 0 unspecified atom stereocenters. The van der Waals surface area contributed by atoms with Crippen molar-refractivity contribution in [2.75, 3.05) is 0 Å². The van der Waals surface area contributed by atoms with Gasteiger partial charge in [0.15, 0.2) is 17.8 Å². The number of esters is 1. The van der Waals surface area contributed by atoms with Crippen LogP contribution in [0.25, 0.3) is 0 Å². The van der Waals surface area contributed by atoms with E-state index >= 15 is 0 Å². The fourth-order valence-electron chi connectivity index (χ4n) is 6.62. The number of carbonyl (C=O) groups excluding carboxylic acids is 3. The Morgan fingerprint density at radius 2 is 2.03 bits per heavy atom. The summed E-state index contributed by atoms with van der Waals surface area (Å²) < 4.78 is 5.50. The number of carbonyl (C=O) groups is 3. The van der Waals surface area contributed by atoms with Crippen molar-refractivity contribution in [3.63, 3.8) is 0 Å². The topological polar surface area (TPSA) is 60.4 Å². The summed E-state index contributed by atoms with van der Waals surface area (Å²) in [6.07, 6.45) is 12.4. The standard InChI is InChI=1S/C25H32O4/c1-4-5-23(28)29-22(15-26)21-9-8-19-18-7-6-16-14-17(27)10-12-24(16,2)20(18)11-13-25(19,21)3/h11,14-15,18-19H,4-10,12-13H2,1-3H3/t18-,19-,24-,25-/m0/s1. The van der Waals surface area contributed by atoms with Crippen molar-refractivity contribution >= 4 is 18.0 Å². The first kappa shape index (κ1) is 20.3. The van der Waals surface area contributed by atoms with Gasteiger partial charge in [0.05, 0.1) is 0 Å². The molecule has 0 aromatic heterocycles. The van der Waals surface area contributed by atoms with E-state index in [4.69, 9.17) is 4.74 Å². The molecule has 4 aliphatic carbocycles. The molecule has 156 valence electrons. The van der Waals surface area contributed by atoms with E-state index in [9.17, 15) is 14.4 Å². The van der Waals surface area contributed by atoms with Crippen molar-refractivity contribution in [1.29, 1.82) is 0 Å². The van der Waals surface area contributed by atoms with Gasteiger partial charge in [-0.25, -0.2) is 0 Å². The van der Waals surface area contributed by atoms with E-state index in [-0.39, 0.29) is 28.3 Å². The number of allylic oxidation sites excluding steroid dienone is 6. The summed E-state index contributed by atoms with van der Waals surface area (Å²) in [5.41, 5.74) is 3.75. The van der Waals surface area contributed by atoms with Crippen LogP contribution in [-0.2, 0) is 19.1 Å². The summed E-state index contributed by atoms with van der Waals surface area (Å²) in [6.45, 7) is 6.50. The van der Waals surface area contributed by atoms with Crippen molar-refractivity contribution < 1.29 is 19.1 Å². The highest BCUT2D eigenvalue weighted by molar-refractivity contribution is 5.92. The SMILES string of the molecule is CCCC(=O)OC(C=O)=C1CC[C@H]2[C@@H]3CCC4=CC(=O)CC[C@]4(C)C3=CC[C@]12C. The van der Waals surface area contributed by atoms with Gasteiger partial charge in [0, 0.05) is 18.3 Å². The second-order valence-corrected chi connectivity index (χ2v) is 9.72.